The first kappa shape index (κ1) is 30.1. The summed E-state index contributed by atoms with van der Waals surface area (Å²) in [6.07, 6.45) is -4.30. The Morgan fingerprint density at radius 3 is 2.47 bits per heavy atom. The van der Waals surface area contributed by atoms with E-state index >= 15 is 0 Å². The molecule has 13 heteroatoms. The molecule has 1 saturated carbocycles. The molecule has 1 unspecified atom stereocenters. The van der Waals surface area contributed by atoms with Crippen molar-refractivity contribution >= 4 is 17.7 Å². The number of hydrogen-bond acceptors (Lipinski definition) is 7. The normalized spacial score (nSPS) is 28.9. The van der Waals surface area contributed by atoms with E-state index in [1.165, 1.54) is 33.0 Å². The summed E-state index contributed by atoms with van der Waals surface area (Å²) in [6, 6.07) is -0.836. The first-order chi connectivity index (χ1) is 17.6. The number of nitrogens with one attached hydrogen (secondary N) is 3. The Labute approximate surface area is 220 Å². The number of halogens is 3. The number of carbonyl (C=O) groups is 3. The Morgan fingerprint density at radius 2 is 1.95 bits per heavy atom. The lowest BCUT2D eigenvalue weighted by Gasteiger charge is -2.41. The molecular weight excluding hydrogens is 507 g/mol. The van der Waals surface area contributed by atoms with Gasteiger partial charge in [-0.1, -0.05) is 13.8 Å². The predicted molar refractivity (Wildman–Crippen MR) is 129 cm³/mol. The molecule has 1 aliphatic carbocycles. The molecule has 3 N–H and O–H groups in total. The number of likely N-dealkylation sites (tertiary alicyclic amines) is 1. The first-order valence-corrected chi connectivity index (χ1v) is 12.8. The largest absolute Gasteiger partial charge is 0.471 e. The number of piperidine rings is 2. The van der Waals surface area contributed by atoms with Gasteiger partial charge < -0.3 is 25.0 Å². The average molecular weight is 546 g/mol. The third-order valence-corrected chi connectivity index (χ3v) is 8.55. The van der Waals surface area contributed by atoms with E-state index in [1.807, 2.05) is 19.2 Å². The second kappa shape index (κ2) is 11.0. The van der Waals surface area contributed by atoms with Crippen molar-refractivity contribution in [1.29, 1.82) is 5.26 Å². The third kappa shape index (κ3) is 5.92. The molecule has 0 aromatic rings. The third-order valence-electron chi connectivity index (χ3n) is 8.55. The predicted octanol–water partition coefficient (Wildman–Crippen LogP) is 1.31. The van der Waals surface area contributed by atoms with Gasteiger partial charge in [0.25, 0.3) is 0 Å². The highest BCUT2D eigenvalue weighted by Crippen LogP contribution is 2.65. The molecule has 3 rings (SSSR count). The highest BCUT2D eigenvalue weighted by atomic mass is 19.4. The summed E-state index contributed by atoms with van der Waals surface area (Å²) >= 11 is 0. The van der Waals surface area contributed by atoms with Crippen molar-refractivity contribution < 1.29 is 37.0 Å². The Morgan fingerprint density at radius 1 is 1.29 bits per heavy atom. The highest BCUT2D eigenvalue weighted by Gasteiger charge is 2.69. The molecule has 3 fully saturated rings. The van der Waals surface area contributed by atoms with Gasteiger partial charge in [0.1, 0.15) is 12.3 Å². The van der Waals surface area contributed by atoms with E-state index in [1.54, 1.807) is 0 Å². The van der Waals surface area contributed by atoms with E-state index in [0.717, 1.165) is 6.42 Å². The number of fused-ring (bicyclic) bond motifs is 1. The standard InChI is InChI=1S/C25H38F3N5O5/c1-23(2)15-12-33(21(35)18(24(3,4)38-6)32-22(36)25(26,27)28)17(16(15)23)20(37-5)31-14(11-29)10-13-8-7-9-30-19(13)34/h13-18,20,31H,7-10,12H2,1-6H3,(H,30,34)(H,32,36)/t13-,14-,15-,16-,17-,18+,20?/m0/s1. The van der Waals surface area contributed by atoms with E-state index in [4.69, 9.17) is 9.47 Å². The molecule has 0 spiro atoms. The zero-order valence-corrected chi connectivity index (χ0v) is 22.6. The van der Waals surface area contributed by atoms with Crippen LogP contribution in [0.3, 0.4) is 0 Å². The van der Waals surface area contributed by atoms with Gasteiger partial charge in [0.2, 0.25) is 11.8 Å². The molecule has 0 aromatic carbocycles. The zero-order chi connectivity index (χ0) is 28.6. The van der Waals surface area contributed by atoms with Crippen LogP contribution < -0.4 is 16.0 Å². The van der Waals surface area contributed by atoms with E-state index in [-0.39, 0.29) is 42.0 Å². The molecule has 7 atom stereocenters. The van der Waals surface area contributed by atoms with Gasteiger partial charge in [-0.05, 0) is 50.4 Å². The number of nitrogens with zero attached hydrogens (tertiary/aromatic N) is 2. The number of carbonyl (C=O) groups excluding carboxylic acids is 3. The smallest absolute Gasteiger partial charge is 0.376 e. The highest BCUT2D eigenvalue weighted by molar-refractivity contribution is 5.91. The van der Waals surface area contributed by atoms with E-state index < -0.39 is 47.9 Å². The molecule has 2 aliphatic heterocycles. The fraction of sp³-hybridized carbons (Fsp3) is 0.840. The molecule has 0 radical (unpaired) electrons. The minimum Gasteiger partial charge on any atom is -0.376 e. The lowest BCUT2D eigenvalue weighted by molar-refractivity contribution is -0.178. The number of hydrogen-bond donors (Lipinski definition) is 3. The second-order valence-corrected chi connectivity index (χ2v) is 11.5. The summed E-state index contributed by atoms with van der Waals surface area (Å²) in [5.41, 5.74) is -1.61. The van der Waals surface area contributed by atoms with Gasteiger partial charge in [0, 0.05) is 33.2 Å². The summed E-state index contributed by atoms with van der Waals surface area (Å²) in [5.74, 6) is -3.41. The molecule has 2 saturated heterocycles. The summed E-state index contributed by atoms with van der Waals surface area (Å²) in [4.78, 5) is 39.3. The molecule has 214 valence electrons. The number of methoxy groups -OCH3 is 2. The maximum atomic E-state index is 13.8. The molecular formula is C25H38F3N5O5. The van der Waals surface area contributed by atoms with E-state index in [0.29, 0.717) is 13.0 Å². The van der Waals surface area contributed by atoms with Crippen molar-refractivity contribution in [3.8, 4) is 6.07 Å². The van der Waals surface area contributed by atoms with Gasteiger partial charge in [-0.2, -0.15) is 18.4 Å². The van der Waals surface area contributed by atoms with Crippen LogP contribution in [0, 0.1) is 34.5 Å². The SMILES string of the molecule is COC(N[C@H](C#N)C[C@@H]1CCCNC1=O)[C@@H]1[C@@H]2[C@H](CN1C(=O)[C@@H](NC(=O)C(F)(F)F)C(C)(C)OC)C2(C)C. The van der Waals surface area contributed by atoms with E-state index in [2.05, 4.69) is 16.7 Å². The fourth-order valence-corrected chi connectivity index (χ4v) is 5.97. The molecule has 3 amide bonds. The fourth-order valence-electron chi connectivity index (χ4n) is 5.97. The van der Waals surface area contributed by atoms with Crippen LogP contribution in [-0.2, 0) is 23.9 Å². The van der Waals surface area contributed by atoms with Gasteiger partial charge >= 0.3 is 12.1 Å². The zero-order valence-electron chi connectivity index (χ0n) is 22.6. The molecule has 0 bridgehead atoms. The topological polar surface area (TPSA) is 133 Å². The van der Waals surface area contributed by atoms with Crippen molar-refractivity contribution in [2.45, 2.75) is 83.1 Å². The Balaban J connectivity index is 1.86. The van der Waals surface area contributed by atoms with Crippen LogP contribution in [0.4, 0.5) is 13.2 Å². The molecule has 2 heterocycles. The lowest BCUT2D eigenvalue weighted by Crippen LogP contribution is -2.64. The maximum absolute atomic E-state index is 13.8. The van der Waals surface area contributed by atoms with Crippen LogP contribution in [-0.4, -0.2) is 86.1 Å². The van der Waals surface area contributed by atoms with Crippen molar-refractivity contribution in [1.82, 2.24) is 20.9 Å². The van der Waals surface area contributed by atoms with Crippen LogP contribution in [0.2, 0.25) is 0 Å². The van der Waals surface area contributed by atoms with Crippen LogP contribution in [0.5, 0.6) is 0 Å². The minimum absolute atomic E-state index is 0.0501. The van der Waals surface area contributed by atoms with Gasteiger partial charge in [-0.25, -0.2) is 0 Å². The van der Waals surface area contributed by atoms with Crippen LogP contribution in [0.25, 0.3) is 0 Å². The van der Waals surface area contributed by atoms with E-state index in [9.17, 15) is 32.8 Å². The Bertz CT molecular complexity index is 966. The lowest BCUT2D eigenvalue weighted by atomic mass is 9.91. The van der Waals surface area contributed by atoms with Crippen molar-refractivity contribution in [2.24, 2.45) is 23.2 Å². The second-order valence-electron chi connectivity index (χ2n) is 11.5. The summed E-state index contributed by atoms with van der Waals surface area (Å²) in [5, 5.41) is 17.6. The van der Waals surface area contributed by atoms with Crippen LogP contribution >= 0.6 is 0 Å². The first-order valence-electron chi connectivity index (χ1n) is 12.8. The Hall–Kier alpha value is -2.43. The van der Waals surface area contributed by atoms with Gasteiger partial charge in [0.15, 0.2) is 0 Å². The van der Waals surface area contributed by atoms with Crippen molar-refractivity contribution in [3.63, 3.8) is 0 Å². The number of ether oxygens (including phenoxy) is 2. The number of alkyl halides is 3. The minimum atomic E-state index is -5.18. The summed E-state index contributed by atoms with van der Waals surface area (Å²) < 4.78 is 50.4. The molecule has 38 heavy (non-hydrogen) atoms. The van der Waals surface area contributed by atoms with Gasteiger partial charge in [-0.15, -0.1) is 0 Å². The number of amides is 3. The maximum Gasteiger partial charge on any atom is 0.471 e. The monoisotopic (exact) mass is 545 g/mol. The number of nitriles is 1. The average Bonchev–Trinajstić information content (AvgIpc) is 3.17. The molecule has 3 aliphatic rings. The van der Waals surface area contributed by atoms with Crippen molar-refractivity contribution in [3.05, 3.63) is 0 Å². The van der Waals surface area contributed by atoms with Gasteiger partial charge in [-0.3, -0.25) is 19.7 Å². The van der Waals surface area contributed by atoms with Crippen LogP contribution in [0.15, 0.2) is 0 Å². The summed E-state index contributed by atoms with van der Waals surface area (Å²) in [6.45, 7) is 7.79. The van der Waals surface area contributed by atoms with Crippen LogP contribution in [0.1, 0.15) is 47.0 Å². The Kier molecular flexibility index (Phi) is 8.70. The summed E-state index contributed by atoms with van der Waals surface area (Å²) in [7, 11) is 2.67. The molecule has 10 nitrogen and oxygen atoms in total. The molecule has 0 aromatic heterocycles. The van der Waals surface area contributed by atoms with Crippen molar-refractivity contribution in [2.75, 3.05) is 27.3 Å². The number of rotatable bonds is 10. The van der Waals surface area contributed by atoms with Gasteiger partial charge in [0.05, 0.1) is 23.8 Å². The quantitative estimate of drug-likeness (QED) is 0.353.